The first-order valence-corrected chi connectivity index (χ1v) is 9.43. The van der Waals surface area contributed by atoms with Crippen molar-refractivity contribution in [2.24, 2.45) is 0 Å². The summed E-state index contributed by atoms with van der Waals surface area (Å²) in [7, 11) is 1.57. The number of methoxy groups -OCH3 is 1. The van der Waals surface area contributed by atoms with Gasteiger partial charge in [0.1, 0.15) is 11.6 Å². The quantitative estimate of drug-likeness (QED) is 0.455. The molecule has 1 heterocycles. The van der Waals surface area contributed by atoms with E-state index >= 15 is 0 Å². The number of amides is 2. The normalized spacial score (nSPS) is 10.4. The van der Waals surface area contributed by atoms with Crippen LogP contribution in [-0.4, -0.2) is 35.0 Å². The molecular weight excluding hydrogens is 368 g/mol. The summed E-state index contributed by atoms with van der Waals surface area (Å²) in [5, 5.41) is 5.27. The second kappa shape index (κ2) is 10.1. The number of aryl methyl sites for hydroxylation is 1. The molecule has 3 aromatic rings. The summed E-state index contributed by atoms with van der Waals surface area (Å²) in [6.45, 7) is 1.31. The van der Waals surface area contributed by atoms with Crippen LogP contribution in [0.25, 0.3) is 11.4 Å². The molecule has 150 valence electrons. The van der Waals surface area contributed by atoms with E-state index in [1.807, 2.05) is 59.3 Å². The number of carbonyl (C=O) groups is 2. The summed E-state index contributed by atoms with van der Waals surface area (Å²) in [6.07, 6.45) is 4.35. The van der Waals surface area contributed by atoms with Gasteiger partial charge in [-0.05, 0) is 12.5 Å². The molecule has 7 nitrogen and oxygen atoms in total. The molecule has 0 saturated heterocycles. The second-order valence-corrected chi connectivity index (χ2v) is 6.41. The maximum Gasteiger partial charge on any atom is 0.309 e. The minimum absolute atomic E-state index is 0.228. The van der Waals surface area contributed by atoms with Crippen molar-refractivity contribution in [3.8, 4) is 17.1 Å². The van der Waals surface area contributed by atoms with Crippen molar-refractivity contribution in [2.45, 2.75) is 19.5 Å². The fourth-order valence-electron chi connectivity index (χ4n) is 2.97. The van der Waals surface area contributed by atoms with Gasteiger partial charge in [0.15, 0.2) is 0 Å². The van der Waals surface area contributed by atoms with E-state index in [0.29, 0.717) is 25.3 Å². The van der Waals surface area contributed by atoms with Gasteiger partial charge >= 0.3 is 11.8 Å². The monoisotopic (exact) mass is 392 g/mol. The number of carbonyl (C=O) groups excluding carboxylic acids is 2. The third-order valence-corrected chi connectivity index (χ3v) is 4.45. The van der Waals surface area contributed by atoms with Crippen LogP contribution in [0.1, 0.15) is 12.0 Å². The number of benzene rings is 2. The van der Waals surface area contributed by atoms with Crippen molar-refractivity contribution in [3.63, 3.8) is 0 Å². The van der Waals surface area contributed by atoms with Crippen molar-refractivity contribution in [3.05, 3.63) is 72.6 Å². The Kier molecular flexibility index (Phi) is 7.00. The van der Waals surface area contributed by atoms with E-state index < -0.39 is 11.8 Å². The fraction of sp³-hybridized carbons (Fsp3) is 0.227. The molecule has 0 radical (unpaired) electrons. The van der Waals surface area contributed by atoms with Crippen LogP contribution in [0.3, 0.4) is 0 Å². The maximum absolute atomic E-state index is 12.0. The summed E-state index contributed by atoms with van der Waals surface area (Å²) in [5.74, 6) is 0.242. The zero-order chi connectivity index (χ0) is 20.5. The number of para-hydroxylation sites is 1. The van der Waals surface area contributed by atoms with Crippen LogP contribution in [0.5, 0.6) is 5.75 Å². The van der Waals surface area contributed by atoms with Crippen molar-refractivity contribution < 1.29 is 14.3 Å². The number of imidazole rings is 1. The molecule has 29 heavy (non-hydrogen) atoms. The van der Waals surface area contributed by atoms with Crippen LogP contribution in [-0.2, 0) is 22.7 Å². The SMILES string of the molecule is COc1ccccc1CNC(=O)C(=O)NCCCn1ccnc1-c1ccccc1. The highest BCUT2D eigenvalue weighted by Crippen LogP contribution is 2.17. The number of nitrogens with one attached hydrogen (secondary N) is 2. The minimum Gasteiger partial charge on any atom is -0.496 e. The third-order valence-electron chi connectivity index (χ3n) is 4.45. The third kappa shape index (κ3) is 5.44. The Bertz CT molecular complexity index is 953. The summed E-state index contributed by atoms with van der Waals surface area (Å²) in [5.41, 5.74) is 1.85. The number of ether oxygens (including phenoxy) is 1. The molecule has 2 N–H and O–H groups in total. The topological polar surface area (TPSA) is 85.2 Å². The highest BCUT2D eigenvalue weighted by Gasteiger charge is 2.13. The number of nitrogens with zero attached hydrogens (tertiary/aromatic N) is 2. The molecule has 7 heteroatoms. The van der Waals surface area contributed by atoms with Crippen molar-refractivity contribution in [2.75, 3.05) is 13.7 Å². The van der Waals surface area contributed by atoms with Crippen LogP contribution < -0.4 is 15.4 Å². The van der Waals surface area contributed by atoms with Gasteiger partial charge in [-0.2, -0.15) is 0 Å². The van der Waals surface area contributed by atoms with Crippen LogP contribution in [0.4, 0.5) is 0 Å². The zero-order valence-corrected chi connectivity index (χ0v) is 16.3. The van der Waals surface area contributed by atoms with E-state index in [-0.39, 0.29) is 6.54 Å². The average molecular weight is 392 g/mol. The molecule has 0 atom stereocenters. The van der Waals surface area contributed by atoms with Crippen molar-refractivity contribution in [1.82, 2.24) is 20.2 Å². The van der Waals surface area contributed by atoms with Gasteiger partial charge in [-0.1, -0.05) is 48.5 Å². The maximum atomic E-state index is 12.0. The number of aromatic nitrogens is 2. The Labute approximate surface area is 169 Å². The summed E-state index contributed by atoms with van der Waals surface area (Å²) >= 11 is 0. The van der Waals surface area contributed by atoms with E-state index in [1.54, 1.807) is 19.4 Å². The summed E-state index contributed by atoms with van der Waals surface area (Å²) in [4.78, 5) is 28.4. The number of hydrogen-bond acceptors (Lipinski definition) is 4. The van der Waals surface area contributed by atoms with Gasteiger partial charge in [-0.25, -0.2) is 4.98 Å². The summed E-state index contributed by atoms with van der Waals surface area (Å²) in [6, 6.07) is 17.3. The Hall–Kier alpha value is -3.61. The van der Waals surface area contributed by atoms with E-state index in [2.05, 4.69) is 15.6 Å². The molecule has 0 spiro atoms. The van der Waals surface area contributed by atoms with Crippen molar-refractivity contribution >= 4 is 11.8 Å². The molecule has 0 aliphatic rings. The predicted molar refractivity (Wildman–Crippen MR) is 110 cm³/mol. The fourth-order valence-corrected chi connectivity index (χ4v) is 2.97. The second-order valence-electron chi connectivity index (χ2n) is 6.41. The average Bonchev–Trinajstić information content (AvgIpc) is 3.24. The van der Waals surface area contributed by atoms with Crippen molar-refractivity contribution in [1.29, 1.82) is 0 Å². The number of hydrogen-bond donors (Lipinski definition) is 2. The van der Waals surface area contributed by atoms with Gasteiger partial charge in [-0.15, -0.1) is 0 Å². The molecule has 1 aromatic heterocycles. The lowest BCUT2D eigenvalue weighted by atomic mass is 10.2. The summed E-state index contributed by atoms with van der Waals surface area (Å²) < 4.78 is 7.27. The van der Waals surface area contributed by atoms with Gasteiger partial charge in [0.05, 0.1) is 7.11 Å². The molecule has 2 aromatic carbocycles. The van der Waals surface area contributed by atoms with Crippen LogP contribution in [0, 0.1) is 0 Å². The Balaban J connectivity index is 1.42. The van der Waals surface area contributed by atoms with E-state index in [0.717, 1.165) is 17.0 Å². The highest BCUT2D eigenvalue weighted by atomic mass is 16.5. The Morgan fingerprint density at radius 3 is 2.52 bits per heavy atom. The molecule has 3 rings (SSSR count). The van der Waals surface area contributed by atoms with Gasteiger partial charge in [0, 0.05) is 43.2 Å². The van der Waals surface area contributed by atoms with E-state index in [1.165, 1.54) is 0 Å². The van der Waals surface area contributed by atoms with Crippen LogP contribution >= 0.6 is 0 Å². The molecular formula is C22H24N4O3. The molecule has 0 aliphatic heterocycles. The molecule has 0 aliphatic carbocycles. The molecule has 0 fully saturated rings. The lowest BCUT2D eigenvalue weighted by Crippen LogP contribution is -2.40. The van der Waals surface area contributed by atoms with Gasteiger partial charge < -0.3 is 19.9 Å². The zero-order valence-electron chi connectivity index (χ0n) is 16.3. The van der Waals surface area contributed by atoms with E-state index in [4.69, 9.17) is 4.74 Å². The highest BCUT2D eigenvalue weighted by molar-refractivity contribution is 6.35. The van der Waals surface area contributed by atoms with Gasteiger partial charge in [0.2, 0.25) is 0 Å². The predicted octanol–water partition coefficient (Wildman–Crippen LogP) is 2.38. The van der Waals surface area contributed by atoms with Gasteiger partial charge in [0.25, 0.3) is 0 Å². The van der Waals surface area contributed by atoms with E-state index in [9.17, 15) is 9.59 Å². The molecule has 0 bridgehead atoms. The first-order chi connectivity index (χ1) is 14.2. The lowest BCUT2D eigenvalue weighted by molar-refractivity contribution is -0.139. The molecule has 2 amide bonds. The Morgan fingerprint density at radius 1 is 1.00 bits per heavy atom. The molecule has 0 saturated carbocycles. The largest absolute Gasteiger partial charge is 0.496 e. The molecule has 0 unspecified atom stereocenters. The first kappa shape index (κ1) is 20.1. The van der Waals surface area contributed by atoms with Crippen LogP contribution in [0.15, 0.2) is 67.0 Å². The smallest absolute Gasteiger partial charge is 0.309 e. The minimum atomic E-state index is -0.663. The van der Waals surface area contributed by atoms with Gasteiger partial charge in [-0.3, -0.25) is 9.59 Å². The number of rotatable bonds is 8. The lowest BCUT2D eigenvalue weighted by Gasteiger charge is -2.10. The standard InChI is InChI=1S/C22H24N4O3/c1-29-19-11-6-5-10-18(19)16-25-22(28)21(27)24-12-7-14-26-15-13-23-20(26)17-8-3-2-4-9-17/h2-6,8-11,13,15H,7,12,14,16H2,1H3,(H,24,27)(H,25,28). The van der Waals surface area contributed by atoms with Crippen LogP contribution in [0.2, 0.25) is 0 Å². The Morgan fingerprint density at radius 2 is 1.72 bits per heavy atom. The first-order valence-electron chi connectivity index (χ1n) is 9.43.